The van der Waals surface area contributed by atoms with Crippen LogP contribution >= 0.6 is 0 Å². The van der Waals surface area contributed by atoms with Gasteiger partial charge in [-0.15, -0.1) is 0 Å². The summed E-state index contributed by atoms with van der Waals surface area (Å²) in [5, 5.41) is 26.2. The lowest BCUT2D eigenvalue weighted by Gasteiger charge is -2.04. The Morgan fingerprint density at radius 1 is 0.208 bits per heavy atom. The topological polar surface area (TPSA) is 60.7 Å². The van der Waals surface area contributed by atoms with Gasteiger partial charge in [0.05, 0.1) is 0 Å². The highest BCUT2D eigenvalue weighted by Gasteiger charge is 1.98. The molecule has 0 heterocycles. The molecule has 3 N–H and O–H groups in total. The van der Waals surface area contributed by atoms with Crippen LogP contribution in [0.1, 0.15) is 262 Å². The highest BCUT2D eigenvalue weighted by atomic mass is 16.3. The summed E-state index contributed by atoms with van der Waals surface area (Å²) in [5.74, 6) is 0. The van der Waals surface area contributed by atoms with Crippen molar-refractivity contribution in [2.24, 2.45) is 0 Å². The predicted octanol–water partition coefficient (Wildman–Crippen LogP) is 15.8. The summed E-state index contributed by atoms with van der Waals surface area (Å²) in [4.78, 5) is 0. The zero-order valence-electron chi connectivity index (χ0n) is 35.8. The molecule has 0 radical (unpaired) electrons. The number of unbranched alkanes of at least 4 members (excludes halogenated alkanes) is 38. The van der Waals surface area contributed by atoms with Crippen LogP contribution in [0.2, 0.25) is 0 Å². The number of hydrogen-bond donors (Lipinski definition) is 3. The first-order valence-corrected chi connectivity index (χ1v) is 24.2. The summed E-state index contributed by atoms with van der Waals surface area (Å²) < 4.78 is 0. The van der Waals surface area contributed by atoms with E-state index < -0.39 is 0 Å². The van der Waals surface area contributed by atoms with E-state index >= 15 is 0 Å². The first kappa shape index (κ1) is 52.1. The number of benzene rings is 1. The van der Waals surface area contributed by atoms with Crippen LogP contribution in [-0.4, -0.2) is 35.1 Å². The zero-order valence-corrected chi connectivity index (χ0v) is 35.8. The fourth-order valence-electron chi connectivity index (χ4n) is 7.67. The second kappa shape index (κ2) is 49.1. The van der Waals surface area contributed by atoms with Crippen molar-refractivity contribution in [3.8, 4) is 0 Å². The average molecular weight is 745 g/mol. The Morgan fingerprint density at radius 2 is 0.377 bits per heavy atom. The first-order chi connectivity index (χ1) is 26.3. The summed E-state index contributed by atoms with van der Waals surface area (Å²) >= 11 is 0. The van der Waals surface area contributed by atoms with E-state index in [1.807, 2.05) is 0 Å². The van der Waals surface area contributed by atoms with Gasteiger partial charge in [-0.05, 0) is 37.7 Å². The molecule has 3 heteroatoms. The SMILES string of the molecule is OCCCCCCCCCCCCCCCCCCCCCCO.OCCCCCCCCCCCCCCCCCCCCCCc1ccccc1. The number of aliphatic hydroxyl groups excluding tert-OH is 3. The number of hydrogen-bond acceptors (Lipinski definition) is 3. The minimum Gasteiger partial charge on any atom is -0.396 e. The minimum atomic E-state index is 0.366. The Hall–Kier alpha value is -0.900. The lowest BCUT2D eigenvalue weighted by molar-refractivity contribution is 0.282. The Balaban J connectivity index is 0.00000104. The summed E-state index contributed by atoms with van der Waals surface area (Å²) in [5.41, 5.74) is 1.50. The molecular formula is C50H96O3. The molecule has 1 rings (SSSR count). The molecule has 0 aliphatic rings. The molecule has 0 aliphatic carbocycles. The maximum Gasteiger partial charge on any atom is 0.0431 e. The molecule has 0 saturated carbocycles. The molecule has 314 valence electrons. The van der Waals surface area contributed by atoms with Gasteiger partial charge in [-0.1, -0.05) is 261 Å². The van der Waals surface area contributed by atoms with E-state index in [9.17, 15) is 0 Å². The molecule has 0 spiro atoms. The smallest absolute Gasteiger partial charge is 0.0431 e. The average Bonchev–Trinajstić information content (AvgIpc) is 3.18. The fraction of sp³-hybridized carbons (Fsp3) is 0.880. The van der Waals surface area contributed by atoms with E-state index in [4.69, 9.17) is 15.3 Å². The molecule has 1 aromatic carbocycles. The van der Waals surface area contributed by atoms with E-state index in [0.29, 0.717) is 19.8 Å². The van der Waals surface area contributed by atoms with Gasteiger partial charge >= 0.3 is 0 Å². The molecule has 53 heavy (non-hydrogen) atoms. The highest BCUT2D eigenvalue weighted by molar-refractivity contribution is 5.14. The number of aryl methyl sites for hydroxylation is 1. The molecule has 0 aromatic heterocycles. The van der Waals surface area contributed by atoms with E-state index in [2.05, 4.69) is 30.3 Å². The third-order valence-electron chi connectivity index (χ3n) is 11.3. The van der Waals surface area contributed by atoms with Crippen molar-refractivity contribution in [2.75, 3.05) is 19.8 Å². The van der Waals surface area contributed by atoms with Gasteiger partial charge in [0.2, 0.25) is 0 Å². The van der Waals surface area contributed by atoms with Crippen LogP contribution in [-0.2, 0) is 6.42 Å². The second-order valence-electron chi connectivity index (χ2n) is 16.5. The van der Waals surface area contributed by atoms with E-state index in [1.165, 1.54) is 250 Å². The van der Waals surface area contributed by atoms with Gasteiger partial charge in [0.15, 0.2) is 0 Å². The largest absolute Gasteiger partial charge is 0.396 e. The van der Waals surface area contributed by atoms with Gasteiger partial charge in [0.1, 0.15) is 0 Å². The normalized spacial score (nSPS) is 11.2. The molecule has 0 unspecified atom stereocenters. The quantitative estimate of drug-likeness (QED) is 0.0584. The van der Waals surface area contributed by atoms with Crippen LogP contribution in [0.25, 0.3) is 0 Å². The van der Waals surface area contributed by atoms with Gasteiger partial charge in [-0.25, -0.2) is 0 Å². The molecule has 0 bridgehead atoms. The van der Waals surface area contributed by atoms with Gasteiger partial charge in [0.25, 0.3) is 0 Å². The van der Waals surface area contributed by atoms with Gasteiger partial charge in [-0.3, -0.25) is 0 Å². The van der Waals surface area contributed by atoms with Gasteiger partial charge in [-0.2, -0.15) is 0 Å². The predicted molar refractivity (Wildman–Crippen MR) is 236 cm³/mol. The van der Waals surface area contributed by atoms with Crippen molar-refractivity contribution >= 4 is 0 Å². The van der Waals surface area contributed by atoms with Crippen LogP contribution in [0.15, 0.2) is 30.3 Å². The lowest BCUT2D eigenvalue weighted by Crippen LogP contribution is -1.86. The van der Waals surface area contributed by atoms with E-state index in [-0.39, 0.29) is 0 Å². The molecule has 0 atom stereocenters. The molecule has 3 nitrogen and oxygen atoms in total. The molecular weight excluding hydrogens is 649 g/mol. The molecule has 0 saturated heterocycles. The van der Waals surface area contributed by atoms with Crippen molar-refractivity contribution < 1.29 is 15.3 Å². The van der Waals surface area contributed by atoms with Crippen LogP contribution in [0.4, 0.5) is 0 Å². The third kappa shape index (κ3) is 47.2. The lowest BCUT2D eigenvalue weighted by atomic mass is 10.0. The summed E-state index contributed by atoms with van der Waals surface area (Å²) in [7, 11) is 0. The maximum absolute atomic E-state index is 8.75. The second-order valence-corrected chi connectivity index (χ2v) is 16.5. The van der Waals surface area contributed by atoms with Crippen molar-refractivity contribution in [2.45, 2.75) is 263 Å². The number of rotatable bonds is 43. The Kier molecular flexibility index (Phi) is 48.3. The highest BCUT2D eigenvalue weighted by Crippen LogP contribution is 2.17. The summed E-state index contributed by atoms with van der Waals surface area (Å²) in [6.45, 7) is 1.10. The van der Waals surface area contributed by atoms with Crippen molar-refractivity contribution in [1.29, 1.82) is 0 Å². The Morgan fingerprint density at radius 3 is 0.566 bits per heavy atom. The van der Waals surface area contributed by atoms with Crippen LogP contribution in [0.5, 0.6) is 0 Å². The molecule has 0 aliphatic heterocycles. The minimum absolute atomic E-state index is 0.366. The maximum atomic E-state index is 8.75. The Labute approximate surface area is 333 Å². The number of aliphatic hydroxyl groups is 3. The van der Waals surface area contributed by atoms with Crippen LogP contribution in [0.3, 0.4) is 0 Å². The zero-order chi connectivity index (χ0) is 38.2. The van der Waals surface area contributed by atoms with E-state index in [0.717, 1.165) is 19.3 Å². The molecule has 1 aromatic rings. The van der Waals surface area contributed by atoms with Crippen LogP contribution < -0.4 is 0 Å². The molecule has 0 fully saturated rings. The van der Waals surface area contributed by atoms with Crippen molar-refractivity contribution in [1.82, 2.24) is 0 Å². The first-order valence-electron chi connectivity index (χ1n) is 24.2. The Bertz CT molecular complexity index is 715. The summed E-state index contributed by atoms with van der Waals surface area (Å²) in [6.07, 6.45) is 56.0. The molecule has 0 amide bonds. The fourth-order valence-corrected chi connectivity index (χ4v) is 7.67. The van der Waals surface area contributed by atoms with E-state index in [1.54, 1.807) is 0 Å². The monoisotopic (exact) mass is 745 g/mol. The van der Waals surface area contributed by atoms with Crippen molar-refractivity contribution in [3.05, 3.63) is 35.9 Å². The van der Waals surface area contributed by atoms with Gasteiger partial charge < -0.3 is 15.3 Å². The van der Waals surface area contributed by atoms with Crippen molar-refractivity contribution in [3.63, 3.8) is 0 Å². The standard InChI is InChI=1S/C28H50O.C22H46O2/c29-27-23-18-16-14-12-10-8-6-4-2-1-3-5-7-9-11-13-15-17-20-24-28-25-21-19-22-26-28;23-21-19-17-15-13-11-9-7-5-3-1-2-4-6-8-10-12-14-16-18-20-22-24/h19,21-22,25-26,29H,1-18,20,23-24,27H2;23-24H,1-22H2. The van der Waals surface area contributed by atoms with Crippen LogP contribution in [0, 0.1) is 0 Å². The summed E-state index contributed by atoms with van der Waals surface area (Å²) in [6, 6.07) is 10.9. The third-order valence-corrected chi connectivity index (χ3v) is 11.3. The van der Waals surface area contributed by atoms with Gasteiger partial charge in [0, 0.05) is 19.8 Å².